The number of para-hydroxylation sites is 1. The summed E-state index contributed by atoms with van der Waals surface area (Å²) in [5, 5.41) is 0. The second kappa shape index (κ2) is 3.91. The van der Waals surface area contributed by atoms with Gasteiger partial charge in [-0.1, -0.05) is 25.1 Å². The molecule has 0 aliphatic carbocycles. The number of hydrogen-bond acceptors (Lipinski definition) is 2. The van der Waals surface area contributed by atoms with E-state index in [4.69, 9.17) is 4.74 Å². The lowest BCUT2D eigenvalue weighted by Gasteiger charge is -2.14. The van der Waals surface area contributed by atoms with Crippen LogP contribution >= 0.6 is 0 Å². The van der Waals surface area contributed by atoms with Gasteiger partial charge in [0.15, 0.2) is 0 Å². The van der Waals surface area contributed by atoms with E-state index in [-0.39, 0.29) is 12.0 Å². The van der Waals surface area contributed by atoms with E-state index in [1.54, 1.807) is 6.33 Å². The van der Waals surface area contributed by atoms with Gasteiger partial charge in [0.05, 0.1) is 12.0 Å². The number of hydrogen-bond donors (Lipinski definition) is 1. The third-order valence-corrected chi connectivity index (χ3v) is 3.38. The molecule has 2 aromatic rings. The number of imidazole rings is 1. The van der Waals surface area contributed by atoms with Crippen molar-refractivity contribution in [2.75, 3.05) is 0 Å². The highest BCUT2D eigenvalue weighted by atomic mass is 16.5. The first-order valence-electron chi connectivity index (χ1n) is 6.03. The third-order valence-electron chi connectivity index (χ3n) is 3.38. The number of fused-ring (bicyclic) bond motifs is 1. The molecule has 2 unspecified atom stereocenters. The van der Waals surface area contributed by atoms with E-state index < -0.39 is 0 Å². The van der Waals surface area contributed by atoms with Gasteiger partial charge in [0.25, 0.3) is 0 Å². The lowest BCUT2D eigenvalue weighted by atomic mass is 9.95. The summed E-state index contributed by atoms with van der Waals surface area (Å²) in [5.74, 6) is 1.33. The van der Waals surface area contributed by atoms with Crippen LogP contribution in [0.4, 0.5) is 0 Å². The Morgan fingerprint density at radius 1 is 1.47 bits per heavy atom. The summed E-state index contributed by atoms with van der Waals surface area (Å²) in [6, 6.07) is 6.40. The minimum atomic E-state index is 0.265. The first kappa shape index (κ1) is 10.4. The Labute approximate surface area is 101 Å². The lowest BCUT2D eigenvalue weighted by molar-refractivity contribution is 0.252. The first-order valence-corrected chi connectivity index (χ1v) is 6.03. The number of rotatable bonds is 2. The zero-order valence-electron chi connectivity index (χ0n) is 10.1. The molecule has 2 heterocycles. The summed E-state index contributed by atoms with van der Waals surface area (Å²) in [5.41, 5.74) is 3.61. The highest BCUT2D eigenvalue weighted by Crippen LogP contribution is 2.38. The van der Waals surface area contributed by atoms with Crippen LogP contribution in [-0.2, 0) is 6.42 Å². The summed E-state index contributed by atoms with van der Waals surface area (Å²) >= 11 is 0. The average molecular weight is 228 g/mol. The molecule has 17 heavy (non-hydrogen) atoms. The fraction of sp³-hybridized carbons (Fsp3) is 0.357. The number of benzene rings is 1. The molecule has 0 saturated carbocycles. The molecule has 0 spiro atoms. The molecule has 3 nitrogen and oxygen atoms in total. The van der Waals surface area contributed by atoms with Crippen molar-refractivity contribution in [1.82, 2.24) is 9.97 Å². The van der Waals surface area contributed by atoms with Gasteiger partial charge in [-0.25, -0.2) is 4.98 Å². The van der Waals surface area contributed by atoms with Crippen LogP contribution in [0.15, 0.2) is 30.7 Å². The van der Waals surface area contributed by atoms with Crippen molar-refractivity contribution in [2.45, 2.75) is 32.3 Å². The summed E-state index contributed by atoms with van der Waals surface area (Å²) in [6.07, 6.45) is 4.97. The van der Waals surface area contributed by atoms with Crippen molar-refractivity contribution in [2.24, 2.45) is 0 Å². The molecule has 1 aliphatic rings. The Balaban J connectivity index is 2.02. The highest BCUT2D eigenvalue weighted by molar-refractivity contribution is 5.48. The zero-order chi connectivity index (χ0) is 11.8. The molecule has 0 amide bonds. The van der Waals surface area contributed by atoms with Gasteiger partial charge in [-0.05, 0) is 12.5 Å². The van der Waals surface area contributed by atoms with E-state index in [1.165, 1.54) is 11.1 Å². The van der Waals surface area contributed by atoms with Crippen LogP contribution < -0.4 is 4.74 Å². The third kappa shape index (κ3) is 1.71. The molecule has 88 valence electrons. The quantitative estimate of drug-likeness (QED) is 0.858. The maximum atomic E-state index is 5.92. The summed E-state index contributed by atoms with van der Waals surface area (Å²) < 4.78 is 5.92. The Morgan fingerprint density at radius 2 is 2.35 bits per heavy atom. The standard InChI is InChI=1S/C14H16N2O/c1-9-6-11-4-3-5-12(14(11)17-9)10(2)13-7-15-8-16-13/h3-5,7-10H,6H2,1-2H3,(H,15,16). The van der Waals surface area contributed by atoms with E-state index in [1.807, 2.05) is 6.20 Å². The number of nitrogens with zero attached hydrogens (tertiary/aromatic N) is 1. The average Bonchev–Trinajstić information content (AvgIpc) is 2.94. The predicted molar refractivity (Wildman–Crippen MR) is 66.3 cm³/mol. The van der Waals surface area contributed by atoms with Crippen LogP contribution in [0.2, 0.25) is 0 Å². The molecule has 1 aromatic carbocycles. The van der Waals surface area contributed by atoms with Crippen molar-refractivity contribution in [3.8, 4) is 5.75 Å². The van der Waals surface area contributed by atoms with Crippen molar-refractivity contribution in [3.63, 3.8) is 0 Å². The van der Waals surface area contributed by atoms with E-state index in [9.17, 15) is 0 Å². The van der Waals surface area contributed by atoms with Crippen LogP contribution in [0.5, 0.6) is 5.75 Å². The largest absolute Gasteiger partial charge is 0.490 e. The molecule has 0 radical (unpaired) electrons. The minimum absolute atomic E-state index is 0.265. The Bertz CT molecular complexity index is 519. The fourth-order valence-electron chi connectivity index (χ4n) is 2.47. The number of nitrogens with one attached hydrogen (secondary N) is 1. The molecule has 0 saturated heterocycles. The normalized spacial score (nSPS) is 19.8. The van der Waals surface area contributed by atoms with Gasteiger partial charge >= 0.3 is 0 Å². The summed E-state index contributed by atoms with van der Waals surface area (Å²) in [6.45, 7) is 4.28. The second-order valence-electron chi connectivity index (χ2n) is 4.68. The maximum Gasteiger partial charge on any atom is 0.126 e. The van der Waals surface area contributed by atoms with Crippen LogP contribution in [0, 0.1) is 0 Å². The number of aromatic nitrogens is 2. The molecule has 3 rings (SSSR count). The van der Waals surface area contributed by atoms with Gasteiger partial charge in [0.1, 0.15) is 11.9 Å². The van der Waals surface area contributed by atoms with Crippen LogP contribution in [0.1, 0.15) is 36.6 Å². The van der Waals surface area contributed by atoms with E-state index in [2.05, 4.69) is 42.0 Å². The molecular weight excluding hydrogens is 212 g/mol. The maximum absolute atomic E-state index is 5.92. The van der Waals surface area contributed by atoms with Gasteiger partial charge in [0.2, 0.25) is 0 Å². The van der Waals surface area contributed by atoms with Crippen LogP contribution in [0.3, 0.4) is 0 Å². The molecular formula is C14H16N2O. The van der Waals surface area contributed by atoms with Gasteiger partial charge in [-0.3, -0.25) is 0 Å². The fourth-order valence-corrected chi connectivity index (χ4v) is 2.47. The molecule has 0 bridgehead atoms. The van der Waals surface area contributed by atoms with Crippen molar-refractivity contribution < 1.29 is 4.74 Å². The predicted octanol–water partition coefficient (Wildman–Crippen LogP) is 2.88. The molecule has 1 aliphatic heterocycles. The molecule has 2 atom stereocenters. The van der Waals surface area contributed by atoms with Crippen molar-refractivity contribution in [1.29, 1.82) is 0 Å². The summed E-state index contributed by atoms with van der Waals surface area (Å²) in [7, 11) is 0. The second-order valence-corrected chi connectivity index (χ2v) is 4.68. The van der Waals surface area contributed by atoms with Gasteiger partial charge in [-0.2, -0.15) is 0 Å². The Hall–Kier alpha value is -1.77. The topological polar surface area (TPSA) is 37.9 Å². The van der Waals surface area contributed by atoms with E-state index in [0.29, 0.717) is 0 Å². The van der Waals surface area contributed by atoms with E-state index in [0.717, 1.165) is 17.9 Å². The van der Waals surface area contributed by atoms with Gasteiger partial charge in [0, 0.05) is 24.1 Å². The smallest absolute Gasteiger partial charge is 0.126 e. The monoisotopic (exact) mass is 228 g/mol. The lowest BCUT2D eigenvalue weighted by Crippen LogP contribution is -2.06. The minimum Gasteiger partial charge on any atom is -0.490 e. The Morgan fingerprint density at radius 3 is 3.12 bits per heavy atom. The van der Waals surface area contributed by atoms with Crippen LogP contribution in [-0.4, -0.2) is 16.1 Å². The van der Waals surface area contributed by atoms with E-state index >= 15 is 0 Å². The Kier molecular flexibility index (Phi) is 2.39. The zero-order valence-corrected chi connectivity index (χ0v) is 10.1. The SMILES string of the molecule is CC1Cc2cccc(C(C)c3c[nH]cn3)c2O1. The molecule has 3 heteroatoms. The van der Waals surface area contributed by atoms with Crippen molar-refractivity contribution in [3.05, 3.63) is 47.5 Å². The van der Waals surface area contributed by atoms with Gasteiger partial charge < -0.3 is 9.72 Å². The first-order chi connectivity index (χ1) is 8.25. The number of ether oxygens (including phenoxy) is 1. The molecule has 0 fully saturated rings. The van der Waals surface area contributed by atoms with Gasteiger partial charge in [-0.15, -0.1) is 0 Å². The highest BCUT2D eigenvalue weighted by Gasteiger charge is 2.25. The molecule has 1 aromatic heterocycles. The van der Waals surface area contributed by atoms with Crippen molar-refractivity contribution >= 4 is 0 Å². The summed E-state index contributed by atoms with van der Waals surface area (Å²) in [4.78, 5) is 7.33. The van der Waals surface area contributed by atoms with Crippen LogP contribution in [0.25, 0.3) is 0 Å². The molecule has 1 N–H and O–H groups in total. The number of aromatic amines is 1. The number of H-pyrrole nitrogens is 1.